The molecule has 2 N–H and O–H groups in total. The molecule has 0 radical (unpaired) electrons. The number of ether oxygens (including phenoxy) is 1. The minimum atomic E-state index is -0.901. The number of aliphatic hydroxyl groups excluding tert-OH is 2. The van der Waals surface area contributed by atoms with Crippen molar-refractivity contribution >= 4 is 0 Å². The van der Waals surface area contributed by atoms with E-state index in [0.29, 0.717) is 5.56 Å². The Balaban J connectivity index is 2.35. The van der Waals surface area contributed by atoms with E-state index in [1.165, 1.54) is 6.07 Å². The Labute approximate surface area is 81.8 Å². The number of rotatable bonds is 5. The van der Waals surface area contributed by atoms with Crippen LogP contribution in [-0.4, -0.2) is 29.5 Å². The minimum Gasteiger partial charge on any atom is -0.394 e. The first-order valence-electron chi connectivity index (χ1n) is 4.34. The van der Waals surface area contributed by atoms with Crippen molar-refractivity contribution < 1.29 is 19.3 Å². The van der Waals surface area contributed by atoms with Crippen LogP contribution in [0.4, 0.5) is 4.39 Å². The lowest BCUT2D eigenvalue weighted by molar-refractivity contribution is -0.000648. The Morgan fingerprint density at radius 2 is 2.07 bits per heavy atom. The van der Waals surface area contributed by atoms with Gasteiger partial charge in [-0.05, 0) is 6.07 Å². The van der Waals surface area contributed by atoms with E-state index < -0.39 is 6.10 Å². The summed E-state index contributed by atoms with van der Waals surface area (Å²) in [5.74, 6) is -0.328. The van der Waals surface area contributed by atoms with Crippen LogP contribution in [0.15, 0.2) is 24.3 Å². The Bertz CT molecular complexity index is 278. The van der Waals surface area contributed by atoms with Gasteiger partial charge in [-0.25, -0.2) is 4.39 Å². The van der Waals surface area contributed by atoms with Gasteiger partial charge >= 0.3 is 0 Å². The van der Waals surface area contributed by atoms with Gasteiger partial charge in [-0.1, -0.05) is 18.2 Å². The quantitative estimate of drug-likeness (QED) is 0.735. The Kier molecular flexibility index (Phi) is 4.52. The standard InChI is InChI=1S/C10H13FO3/c11-10-4-2-1-3-8(10)6-14-7-9(13)5-12/h1-4,9,12-13H,5-7H2. The molecular formula is C10H13FO3. The van der Waals surface area contributed by atoms with Crippen LogP contribution in [0.25, 0.3) is 0 Å². The predicted molar refractivity (Wildman–Crippen MR) is 49.1 cm³/mol. The van der Waals surface area contributed by atoms with Crippen LogP contribution >= 0.6 is 0 Å². The lowest BCUT2D eigenvalue weighted by atomic mass is 10.2. The SMILES string of the molecule is OCC(O)COCc1ccccc1F. The first kappa shape index (κ1) is 11.1. The van der Waals surface area contributed by atoms with Crippen molar-refractivity contribution in [3.63, 3.8) is 0 Å². The van der Waals surface area contributed by atoms with Crippen LogP contribution < -0.4 is 0 Å². The van der Waals surface area contributed by atoms with Crippen molar-refractivity contribution in [2.24, 2.45) is 0 Å². The molecule has 0 aliphatic rings. The molecule has 0 saturated carbocycles. The maximum absolute atomic E-state index is 13.0. The van der Waals surface area contributed by atoms with E-state index >= 15 is 0 Å². The molecular weight excluding hydrogens is 187 g/mol. The fraction of sp³-hybridized carbons (Fsp3) is 0.400. The molecule has 1 aromatic carbocycles. The summed E-state index contributed by atoms with van der Waals surface area (Å²) in [6.45, 7) is -0.244. The highest BCUT2D eigenvalue weighted by atomic mass is 19.1. The molecule has 1 atom stereocenters. The van der Waals surface area contributed by atoms with Crippen molar-refractivity contribution in [2.75, 3.05) is 13.2 Å². The van der Waals surface area contributed by atoms with Crippen LogP contribution in [-0.2, 0) is 11.3 Å². The van der Waals surface area contributed by atoms with E-state index in [1.807, 2.05) is 0 Å². The van der Waals surface area contributed by atoms with Gasteiger partial charge < -0.3 is 14.9 Å². The summed E-state index contributed by atoms with van der Waals surface area (Å²) in [6.07, 6.45) is -0.901. The summed E-state index contributed by atoms with van der Waals surface area (Å²) in [7, 11) is 0. The van der Waals surface area contributed by atoms with Crippen LogP contribution in [0.2, 0.25) is 0 Å². The zero-order valence-corrected chi connectivity index (χ0v) is 7.69. The molecule has 1 rings (SSSR count). The first-order chi connectivity index (χ1) is 6.74. The average molecular weight is 200 g/mol. The third-order valence-corrected chi connectivity index (χ3v) is 1.74. The molecule has 0 heterocycles. The molecule has 0 aromatic heterocycles. The van der Waals surface area contributed by atoms with Crippen molar-refractivity contribution in [1.29, 1.82) is 0 Å². The highest BCUT2D eigenvalue weighted by Gasteiger charge is 2.04. The van der Waals surface area contributed by atoms with Gasteiger partial charge in [0.1, 0.15) is 11.9 Å². The lowest BCUT2D eigenvalue weighted by Crippen LogP contribution is -2.19. The number of benzene rings is 1. The molecule has 0 bridgehead atoms. The Hall–Kier alpha value is -0.970. The number of halogens is 1. The summed E-state index contributed by atoms with van der Waals surface area (Å²) in [5, 5.41) is 17.4. The molecule has 1 aromatic rings. The molecule has 0 aliphatic heterocycles. The van der Waals surface area contributed by atoms with Crippen LogP contribution in [0, 0.1) is 5.82 Å². The van der Waals surface area contributed by atoms with E-state index in [0.717, 1.165) is 0 Å². The maximum Gasteiger partial charge on any atom is 0.128 e. The number of hydrogen-bond acceptors (Lipinski definition) is 3. The molecule has 14 heavy (non-hydrogen) atoms. The summed E-state index contributed by atoms with van der Waals surface area (Å²) >= 11 is 0. The highest BCUT2D eigenvalue weighted by Crippen LogP contribution is 2.07. The Morgan fingerprint density at radius 1 is 1.36 bits per heavy atom. The van der Waals surface area contributed by atoms with Crippen LogP contribution in [0.5, 0.6) is 0 Å². The molecule has 78 valence electrons. The van der Waals surface area contributed by atoms with E-state index in [2.05, 4.69) is 0 Å². The van der Waals surface area contributed by atoms with Gasteiger partial charge in [-0.2, -0.15) is 0 Å². The summed E-state index contributed by atoms with van der Waals surface area (Å²) in [6, 6.07) is 6.27. The molecule has 4 heteroatoms. The monoisotopic (exact) mass is 200 g/mol. The van der Waals surface area contributed by atoms with Crippen molar-refractivity contribution in [3.8, 4) is 0 Å². The second-order valence-electron chi connectivity index (χ2n) is 2.94. The predicted octanol–water partition coefficient (Wildman–Crippen LogP) is 0.695. The van der Waals surface area contributed by atoms with Gasteiger partial charge in [0.15, 0.2) is 0 Å². The molecule has 0 saturated heterocycles. The molecule has 0 fully saturated rings. The third kappa shape index (κ3) is 3.41. The maximum atomic E-state index is 13.0. The van der Waals surface area contributed by atoms with E-state index in [9.17, 15) is 4.39 Å². The molecule has 0 amide bonds. The van der Waals surface area contributed by atoms with Gasteiger partial charge in [0, 0.05) is 5.56 Å². The fourth-order valence-corrected chi connectivity index (χ4v) is 0.973. The van der Waals surface area contributed by atoms with Gasteiger partial charge in [0.05, 0.1) is 19.8 Å². The normalized spacial score (nSPS) is 12.8. The van der Waals surface area contributed by atoms with Crippen molar-refractivity contribution in [2.45, 2.75) is 12.7 Å². The second kappa shape index (κ2) is 5.70. The summed E-state index contributed by atoms with van der Waals surface area (Å²) in [5.41, 5.74) is 0.442. The lowest BCUT2D eigenvalue weighted by Gasteiger charge is -2.08. The van der Waals surface area contributed by atoms with Crippen LogP contribution in [0.1, 0.15) is 5.56 Å². The van der Waals surface area contributed by atoms with Gasteiger partial charge in [-0.3, -0.25) is 0 Å². The average Bonchev–Trinajstić information content (AvgIpc) is 2.20. The summed E-state index contributed by atoms with van der Waals surface area (Å²) < 4.78 is 18.0. The zero-order chi connectivity index (χ0) is 10.4. The van der Waals surface area contributed by atoms with Gasteiger partial charge in [-0.15, -0.1) is 0 Å². The Morgan fingerprint density at radius 3 is 2.71 bits per heavy atom. The molecule has 1 unspecified atom stereocenters. The van der Waals surface area contributed by atoms with E-state index in [4.69, 9.17) is 14.9 Å². The smallest absolute Gasteiger partial charge is 0.128 e. The second-order valence-corrected chi connectivity index (χ2v) is 2.94. The fourth-order valence-electron chi connectivity index (χ4n) is 0.973. The molecule has 3 nitrogen and oxygen atoms in total. The molecule has 0 aliphatic carbocycles. The first-order valence-corrected chi connectivity index (χ1v) is 4.34. The van der Waals surface area contributed by atoms with Crippen LogP contribution in [0.3, 0.4) is 0 Å². The third-order valence-electron chi connectivity index (χ3n) is 1.74. The van der Waals surface area contributed by atoms with Gasteiger partial charge in [0.2, 0.25) is 0 Å². The van der Waals surface area contributed by atoms with E-state index in [1.54, 1.807) is 18.2 Å². The zero-order valence-electron chi connectivity index (χ0n) is 7.69. The number of hydrogen-bond donors (Lipinski definition) is 2. The van der Waals surface area contributed by atoms with Crippen molar-refractivity contribution in [1.82, 2.24) is 0 Å². The van der Waals surface area contributed by atoms with E-state index in [-0.39, 0.29) is 25.6 Å². The highest BCUT2D eigenvalue weighted by molar-refractivity contribution is 5.16. The molecule has 0 spiro atoms. The topological polar surface area (TPSA) is 49.7 Å². The summed E-state index contributed by atoms with van der Waals surface area (Å²) in [4.78, 5) is 0. The minimum absolute atomic E-state index is 0.00480. The van der Waals surface area contributed by atoms with Gasteiger partial charge in [0.25, 0.3) is 0 Å². The largest absolute Gasteiger partial charge is 0.394 e. The van der Waals surface area contributed by atoms with Crippen molar-refractivity contribution in [3.05, 3.63) is 35.6 Å². The number of aliphatic hydroxyl groups is 2.